The molecule has 3 aromatic carbocycles. The van der Waals surface area contributed by atoms with Crippen LogP contribution < -0.4 is 0 Å². The smallest absolute Gasteiger partial charge is 0.247 e. The number of H-pyrrole nitrogens is 1. The van der Waals surface area contributed by atoms with E-state index in [4.69, 9.17) is 16.3 Å². The number of amides is 1. The van der Waals surface area contributed by atoms with Gasteiger partial charge in [-0.3, -0.25) is 19.6 Å². The summed E-state index contributed by atoms with van der Waals surface area (Å²) in [7, 11) is 0. The standard InChI is InChI=1S/C34H32ClFN8O3/c35-26-5-9-31(44-21-38-40-41-44)24(17-26)4-10-33(46)43-20-28(42-11-13-47-14-12-42)18-29(23-2-6-27(36)7-3-23)34(43)32(45)16-22-1-8-30-25(15-22)19-37-39-30/h1-10,15,17,19,21,28-29,34H,11-14,16,18,20H2,(H,37,39)/b10-4+/t28-,29-,34-/m0/s1. The molecule has 2 saturated heterocycles. The fourth-order valence-electron chi connectivity index (χ4n) is 6.72. The summed E-state index contributed by atoms with van der Waals surface area (Å²) in [6, 6.07) is 16.4. The lowest BCUT2D eigenvalue weighted by molar-refractivity contribution is -0.141. The third-order valence-corrected chi connectivity index (χ3v) is 9.23. The molecule has 2 fully saturated rings. The monoisotopic (exact) mass is 654 g/mol. The van der Waals surface area contributed by atoms with Crippen molar-refractivity contribution in [2.24, 2.45) is 0 Å². The second-order valence-corrected chi connectivity index (χ2v) is 12.3. The van der Waals surface area contributed by atoms with E-state index in [0.29, 0.717) is 42.5 Å². The van der Waals surface area contributed by atoms with Crippen molar-refractivity contribution >= 4 is 40.3 Å². The molecule has 0 unspecified atom stereocenters. The number of ketones is 1. The summed E-state index contributed by atoms with van der Waals surface area (Å²) in [5.74, 6) is -1.13. The van der Waals surface area contributed by atoms with Crippen LogP contribution in [0.4, 0.5) is 4.39 Å². The first-order chi connectivity index (χ1) is 22.9. The van der Waals surface area contributed by atoms with Gasteiger partial charge in [-0.15, -0.1) is 5.10 Å². The number of aromatic amines is 1. The van der Waals surface area contributed by atoms with Crippen molar-refractivity contribution < 1.29 is 18.7 Å². The molecule has 0 spiro atoms. The predicted molar refractivity (Wildman–Crippen MR) is 173 cm³/mol. The Hall–Kier alpha value is -4.78. The topological polar surface area (TPSA) is 122 Å². The highest BCUT2D eigenvalue weighted by Gasteiger charge is 2.44. The molecule has 2 aromatic heterocycles. The van der Waals surface area contributed by atoms with Crippen molar-refractivity contribution in [3.05, 3.63) is 107 Å². The number of nitrogens with zero attached hydrogens (tertiary/aromatic N) is 7. The number of carbonyl (C=O) groups excluding carboxylic acids is 2. The van der Waals surface area contributed by atoms with E-state index in [1.54, 1.807) is 47.5 Å². The Kier molecular flexibility index (Phi) is 8.88. The molecule has 1 N–H and O–H groups in total. The summed E-state index contributed by atoms with van der Waals surface area (Å²) < 4.78 is 21.2. The van der Waals surface area contributed by atoms with Crippen molar-refractivity contribution in [1.82, 2.24) is 40.2 Å². The Bertz CT molecular complexity index is 1910. The van der Waals surface area contributed by atoms with E-state index < -0.39 is 6.04 Å². The third-order valence-electron chi connectivity index (χ3n) is 9.00. The lowest BCUT2D eigenvalue weighted by Gasteiger charge is -2.48. The van der Waals surface area contributed by atoms with Crippen LogP contribution >= 0.6 is 11.6 Å². The predicted octanol–water partition coefficient (Wildman–Crippen LogP) is 4.24. The molecule has 11 nitrogen and oxygen atoms in total. The average Bonchev–Trinajstić information content (AvgIpc) is 3.80. The summed E-state index contributed by atoms with van der Waals surface area (Å²) in [5, 5.41) is 19.9. The number of hydrogen-bond acceptors (Lipinski definition) is 8. The molecule has 7 rings (SSSR count). The minimum atomic E-state index is -0.784. The first-order valence-electron chi connectivity index (χ1n) is 15.5. The number of benzene rings is 3. The number of tetrazole rings is 1. The summed E-state index contributed by atoms with van der Waals surface area (Å²) >= 11 is 6.33. The quantitative estimate of drug-likeness (QED) is 0.247. The third kappa shape index (κ3) is 6.71. The van der Waals surface area contributed by atoms with Gasteiger partial charge in [-0.1, -0.05) is 29.8 Å². The van der Waals surface area contributed by atoms with Gasteiger partial charge in [0.1, 0.15) is 12.1 Å². The molecule has 4 heterocycles. The summed E-state index contributed by atoms with van der Waals surface area (Å²) in [4.78, 5) is 32.8. The van der Waals surface area contributed by atoms with Crippen molar-refractivity contribution in [3.8, 4) is 5.69 Å². The number of rotatable bonds is 8. The van der Waals surface area contributed by atoms with E-state index in [1.807, 2.05) is 18.2 Å². The van der Waals surface area contributed by atoms with Gasteiger partial charge in [-0.2, -0.15) is 9.78 Å². The number of piperidine rings is 1. The highest BCUT2D eigenvalue weighted by molar-refractivity contribution is 6.30. The normalized spacial score (nSPS) is 20.6. The average molecular weight is 655 g/mol. The lowest BCUT2D eigenvalue weighted by atomic mass is 9.78. The Morgan fingerprint density at radius 3 is 2.68 bits per heavy atom. The summed E-state index contributed by atoms with van der Waals surface area (Å²) in [6.07, 6.45) is 7.08. The van der Waals surface area contributed by atoms with E-state index in [9.17, 15) is 14.0 Å². The minimum absolute atomic E-state index is 0.0272. The van der Waals surface area contributed by atoms with Gasteiger partial charge in [-0.05, 0) is 76.5 Å². The number of carbonyl (C=O) groups is 2. The molecular weight excluding hydrogens is 623 g/mol. The molecule has 0 aliphatic carbocycles. The van der Waals surface area contributed by atoms with Crippen LogP contribution in [0.1, 0.15) is 29.0 Å². The Labute approximate surface area is 274 Å². The van der Waals surface area contributed by atoms with Gasteiger partial charge in [0.05, 0.1) is 36.7 Å². The zero-order valence-corrected chi connectivity index (χ0v) is 26.1. The maximum Gasteiger partial charge on any atom is 0.247 e. The van der Waals surface area contributed by atoms with Crippen LogP contribution in [-0.2, 0) is 20.7 Å². The number of fused-ring (bicyclic) bond motifs is 1. The molecule has 2 aliphatic rings. The van der Waals surface area contributed by atoms with Gasteiger partial charge in [0.15, 0.2) is 5.78 Å². The molecular formula is C34H32ClFN8O3. The number of likely N-dealkylation sites (tertiary alicyclic amines) is 1. The Morgan fingerprint density at radius 1 is 1.06 bits per heavy atom. The molecule has 240 valence electrons. The SMILES string of the molecule is O=C(Cc1ccc2[nH]ncc2c1)[C@@H]1[C@H](c2ccc(F)cc2)C[C@H](N2CCOCC2)CN1C(=O)/C=C/c1cc(Cl)ccc1-n1cnnn1. The minimum Gasteiger partial charge on any atom is -0.379 e. The summed E-state index contributed by atoms with van der Waals surface area (Å²) in [5.41, 5.74) is 3.78. The second kappa shape index (κ2) is 13.5. The van der Waals surface area contributed by atoms with Crippen molar-refractivity contribution in [2.75, 3.05) is 32.8 Å². The van der Waals surface area contributed by atoms with Gasteiger partial charge in [0.2, 0.25) is 5.91 Å². The fourth-order valence-corrected chi connectivity index (χ4v) is 6.90. The maximum absolute atomic E-state index is 14.4. The molecule has 2 aliphatic heterocycles. The van der Waals surface area contributed by atoms with Crippen molar-refractivity contribution in [1.29, 1.82) is 0 Å². The number of Topliss-reactive ketones (excluding diaryl/α,β-unsaturated/α-hetero) is 1. The Balaban J connectivity index is 1.26. The fraction of sp³-hybridized carbons (Fsp3) is 0.294. The number of halogens is 2. The first-order valence-corrected chi connectivity index (χ1v) is 15.8. The number of hydrogen-bond donors (Lipinski definition) is 1. The van der Waals surface area contributed by atoms with Gasteiger partial charge in [0, 0.05) is 60.1 Å². The van der Waals surface area contributed by atoms with Crippen LogP contribution in [0.2, 0.25) is 5.02 Å². The van der Waals surface area contributed by atoms with E-state index in [0.717, 1.165) is 35.1 Å². The first kappa shape index (κ1) is 30.9. The van der Waals surface area contributed by atoms with Gasteiger partial charge >= 0.3 is 0 Å². The number of nitrogens with one attached hydrogen (secondary N) is 1. The molecule has 3 atom stereocenters. The lowest BCUT2D eigenvalue weighted by Crippen LogP contribution is -2.60. The molecule has 1 amide bonds. The number of ether oxygens (including phenoxy) is 1. The molecule has 47 heavy (non-hydrogen) atoms. The van der Waals surface area contributed by atoms with Crippen molar-refractivity contribution in [2.45, 2.75) is 30.8 Å². The number of morpholine rings is 1. The molecule has 0 saturated carbocycles. The molecule has 13 heteroatoms. The molecule has 5 aromatic rings. The van der Waals surface area contributed by atoms with Crippen LogP contribution in [0.3, 0.4) is 0 Å². The van der Waals surface area contributed by atoms with Gasteiger partial charge in [0.25, 0.3) is 0 Å². The summed E-state index contributed by atoms with van der Waals surface area (Å²) in [6.45, 7) is 2.99. The highest BCUT2D eigenvalue weighted by atomic mass is 35.5. The van der Waals surface area contributed by atoms with Crippen LogP contribution in [0.15, 0.2) is 79.3 Å². The van der Waals surface area contributed by atoms with Gasteiger partial charge < -0.3 is 9.64 Å². The molecule has 0 radical (unpaired) electrons. The maximum atomic E-state index is 14.4. The Morgan fingerprint density at radius 2 is 1.89 bits per heavy atom. The zero-order valence-electron chi connectivity index (χ0n) is 25.4. The highest BCUT2D eigenvalue weighted by Crippen LogP contribution is 2.37. The zero-order chi connectivity index (χ0) is 32.3. The van der Waals surface area contributed by atoms with E-state index in [1.165, 1.54) is 29.2 Å². The van der Waals surface area contributed by atoms with Crippen LogP contribution in [0.5, 0.6) is 0 Å². The van der Waals surface area contributed by atoms with E-state index >= 15 is 0 Å². The van der Waals surface area contributed by atoms with Crippen LogP contribution in [0.25, 0.3) is 22.7 Å². The largest absolute Gasteiger partial charge is 0.379 e. The van der Waals surface area contributed by atoms with E-state index in [2.05, 4.69) is 30.6 Å². The van der Waals surface area contributed by atoms with E-state index in [-0.39, 0.29) is 35.9 Å². The molecule has 0 bridgehead atoms. The van der Waals surface area contributed by atoms with Crippen molar-refractivity contribution in [3.63, 3.8) is 0 Å². The second-order valence-electron chi connectivity index (χ2n) is 11.9. The number of aromatic nitrogens is 6. The van der Waals surface area contributed by atoms with Crippen LogP contribution in [0, 0.1) is 5.82 Å². The van der Waals surface area contributed by atoms with Gasteiger partial charge in [-0.25, -0.2) is 4.39 Å². The van der Waals surface area contributed by atoms with Crippen LogP contribution in [-0.4, -0.2) is 96.8 Å².